The van der Waals surface area contributed by atoms with Gasteiger partial charge in [-0.05, 0) is 52.7 Å². The molecule has 7 heteroatoms. The summed E-state index contributed by atoms with van der Waals surface area (Å²) in [6.45, 7) is 2.50. The molecule has 134 valence electrons. The van der Waals surface area contributed by atoms with Crippen LogP contribution >= 0.6 is 27.7 Å². The van der Waals surface area contributed by atoms with Gasteiger partial charge in [-0.3, -0.25) is 9.59 Å². The number of rotatable bonds is 5. The van der Waals surface area contributed by atoms with Gasteiger partial charge in [-0.1, -0.05) is 30.3 Å². The van der Waals surface area contributed by atoms with Crippen LogP contribution in [-0.2, 0) is 16.0 Å². The van der Waals surface area contributed by atoms with E-state index in [1.165, 1.54) is 11.8 Å². The number of halogens is 1. The summed E-state index contributed by atoms with van der Waals surface area (Å²) in [4.78, 5) is 24.6. The molecule has 1 fully saturated rings. The maximum absolute atomic E-state index is 12.3. The first-order valence-electron chi connectivity index (χ1n) is 8.21. The van der Waals surface area contributed by atoms with Gasteiger partial charge in [0.15, 0.2) is 12.4 Å². The van der Waals surface area contributed by atoms with Crippen LogP contribution in [-0.4, -0.2) is 18.4 Å². The number of nitrogens with one attached hydrogen (secondary N) is 2. The van der Waals surface area contributed by atoms with Crippen LogP contribution in [0.3, 0.4) is 0 Å². The zero-order valence-corrected chi connectivity index (χ0v) is 16.6. The number of hydrogen-bond acceptors (Lipinski definition) is 3. The molecule has 0 bridgehead atoms. The molecule has 1 aliphatic heterocycles. The van der Waals surface area contributed by atoms with Gasteiger partial charge in [0.25, 0.3) is 11.3 Å². The summed E-state index contributed by atoms with van der Waals surface area (Å²) in [7, 11) is 0. The number of benzene rings is 1. The van der Waals surface area contributed by atoms with Crippen molar-refractivity contribution in [2.24, 2.45) is 0 Å². The fraction of sp³-hybridized carbons (Fsp3) is 0.211. The van der Waals surface area contributed by atoms with E-state index in [4.69, 9.17) is 0 Å². The van der Waals surface area contributed by atoms with E-state index in [0.717, 1.165) is 17.5 Å². The van der Waals surface area contributed by atoms with Gasteiger partial charge in [0.1, 0.15) is 9.51 Å². The van der Waals surface area contributed by atoms with Gasteiger partial charge in [-0.2, -0.15) is 4.57 Å². The lowest BCUT2D eigenvalue weighted by atomic mass is 10.1. The Labute approximate surface area is 165 Å². The third-order valence-corrected chi connectivity index (χ3v) is 6.11. The van der Waals surface area contributed by atoms with Gasteiger partial charge in [0.2, 0.25) is 0 Å². The van der Waals surface area contributed by atoms with Crippen LogP contribution in [0.25, 0.3) is 0 Å². The van der Waals surface area contributed by atoms with Gasteiger partial charge in [-0.25, -0.2) is 0 Å². The summed E-state index contributed by atoms with van der Waals surface area (Å²) in [6, 6.07) is 13.8. The molecule has 0 saturated carbocycles. The molecule has 1 aromatic heterocycles. The van der Waals surface area contributed by atoms with Crippen LogP contribution < -0.4 is 15.2 Å². The number of amides is 2. The molecule has 0 spiro atoms. The molecule has 1 atom stereocenters. The molecule has 1 aliphatic rings. The summed E-state index contributed by atoms with van der Waals surface area (Å²) in [5.41, 5.74) is 2.23. The monoisotopic (exact) mass is 432 g/mol. The third-order valence-electron chi connectivity index (χ3n) is 3.87. The Kier molecular flexibility index (Phi) is 6.11. The van der Waals surface area contributed by atoms with Crippen LogP contribution in [0.4, 0.5) is 0 Å². The van der Waals surface area contributed by atoms with E-state index in [0.29, 0.717) is 16.1 Å². The molecule has 0 aliphatic carbocycles. The van der Waals surface area contributed by atoms with E-state index in [1.807, 2.05) is 66.3 Å². The predicted octanol–water partition coefficient (Wildman–Crippen LogP) is 2.57. The number of aryl methyl sites for hydroxylation is 1. The molecule has 26 heavy (non-hydrogen) atoms. The molecule has 1 unspecified atom stereocenters. The minimum Gasteiger partial charge on any atom is -0.351 e. The second-order valence-electron chi connectivity index (χ2n) is 5.92. The zero-order chi connectivity index (χ0) is 18.5. The molecule has 3 rings (SSSR count). The maximum Gasteiger partial charge on any atom is 0.305 e. The second-order valence-corrected chi connectivity index (χ2v) is 7.81. The lowest BCUT2D eigenvalue weighted by Gasteiger charge is -2.06. The maximum atomic E-state index is 12.3. The topological polar surface area (TPSA) is 62.1 Å². The molecular formula is C19H19BrN3O2S+. The highest BCUT2D eigenvalue weighted by Gasteiger charge is 2.38. The van der Waals surface area contributed by atoms with Crippen molar-refractivity contribution in [3.63, 3.8) is 0 Å². The molecule has 1 aromatic carbocycles. The highest BCUT2D eigenvalue weighted by atomic mass is 79.9. The van der Waals surface area contributed by atoms with E-state index in [2.05, 4.69) is 26.6 Å². The van der Waals surface area contributed by atoms with E-state index in [1.54, 1.807) is 0 Å². The van der Waals surface area contributed by atoms with Crippen molar-refractivity contribution in [2.75, 3.05) is 6.54 Å². The number of thioether (sulfide) groups is 1. The van der Waals surface area contributed by atoms with Crippen LogP contribution in [0.5, 0.6) is 0 Å². The third kappa shape index (κ3) is 4.53. The second kappa shape index (κ2) is 8.51. The number of aromatic nitrogens is 1. The van der Waals surface area contributed by atoms with Crippen molar-refractivity contribution >= 4 is 39.5 Å². The predicted molar refractivity (Wildman–Crippen MR) is 105 cm³/mol. The van der Waals surface area contributed by atoms with Crippen molar-refractivity contribution in [2.45, 2.75) is 18.7 Å². The Balaban J connectivity index is 1.62. The number of carbonyl (C=O) groups excluding carboxylic acids is 2. The van der Waals surface area contributed by atoms with Crippen molar-refractivity contribution < 1.29 is 14.2 Å². The summed E-state index contributed by atoms with van der Waals surface area (Å²) in [5, 5.41) is 5.77. The number of nitrogens with zero attached hydrogens (tertiary/aromatic N) is 1. The molecular weight excluding hydrogens is 414 g/mol. The standard InChI is InChI=1S/C19H18BrN3O2S/c1-13-6-5-11-23(12-13)19-17(25)22-18(26-19)15(20)16(24)21-10-9-14-7-3-2-4-8-14/h2-8,11-12,19H,9-10H2,1H3,(H-,21,22,24,25)/p+1. The molecule has 2 heterocycles. The fourth-order valence-corrected chi connectivity index (χ4v) is 4.10. The number of hydrogen-bond donors (Lipinski definition) is 2. The first-order chi connectivity index (χ1) is 12.5. The fourth-order valence-electron chi connectivity index (χ4n) is 2.58. The van der Waals surface area contributed by atoms with E-state index in [9.17, 15) is 9.59 Å². The van der Waals surface area contributed by atoms with E-state index in [-0.39, 0.29) is 11.8 Å². The van der Waals surface area contributed by atoms with Gasteiger partial charge in [0, 0.05) is 18.2 Å². The van der Waals surface area contributed by atoms with Gasteiger partial charge < -0.3 is 10.6 Å². The van der Waals surface area contributed by atoms with Crippen LogP contribution in [0.15, 0.2) is 64.4 Å². The van der Waals surface area contributed by atoms with Gasteiger partial charge >= 0.3 is 5.91 Å². The smallest absolute Gasteiger partial charge is 0.305 e. The summed E-state index contributed by atoms with van der Waals surface area (Å²) >= 11 is 4.64. The lowest BCUT2D eigenvalue weighted by molar-refractivity contribution is -0.687. The van der Waals surface area contributed by atoms with Crippen molar-refractivity contribution in [1.29, 1.82) is 0 Å². The minimum absolute atomic E-state index is 0.144. The SMILES string of the molecule is Cc1ccc[n+](C2SC(=C(Br)C(=O)NCCc3ccccc3)NC2=O)c1. The zero-order valence-electron chi connectivity index (χ0n) is 14.2. The molecule has 2 aromatic rings. The normalized spacial score (nSPS) is 18.4. The van der Waals surface area contributed by atoms with Gasteiger partial charge in [-0.15, -0.1) is 0 Å². The molecule has 0 radical (unpaired) electrons. The summed E-state index contributed by atoms with van der Waals surface area (Å²) in [5.74, 6) is -0.381. The van der Waals surface area contributed by atoms with E-state index >= 15 is 0 Å². The highest BCUT2D eigenvalue weighted by molar-refractivity contribution is 9.12. The first kappa shape index (κ1) is 18.7. The summed E-state index contributed by atoms with van der Waals surface area (Å²) < 4.78 is 2.19. The Morgan fingerprint density at radius 1 is 1.27 bits per heavy atom. The van der Waals surface area contributed by atoms with Crippen molar-refractivity contribution in [3.8, 4) is 0 Å². The Bertz CT molecular complexity index is 855. The van der Waals surface area contributed by atoms with Gasteiger partial charge in [0.05, 0.1) is 0 Å². The summed E-state index contributed by atoms with van der Waals surface area (Å²) in [6.07, 6.45) is 4.51. The van der Waals surface area contributed by atoms with Crippen molar-refractivity contribution in [1.82, 2.24) is 10.6 Å². The number of pyridine rings is 1. The highest BCUT2D eigenvalue weighted by Crippen LogP contribution is 2.35. The molecule has 2 N–H and O–H groups in total. The van der Waals surface area contributed by atoms with Crippen LogP contribution in [0.2, 0.25) is 0 Å². The quantitative estimate of drug-likeness (QED) is 0.563. The first-order valence-corrected chi connectivity index (χ1v) is 9.88. The molecule has 1 saturated heterocycles. The largest absolute Gasteiger partial charge is 0.351 e. The Hall–Kier alpha value is -2.12. The van der Waals surface area contributed by atoms with Crippen LogP contribution in [0, 0.1) is 6.92 Å². The van der Waals surface area contributed by atoms with E-state index < -0.39 is 5.37 Å². The molecule has 2 amide bonds. The van der Waals surface area contributed by atoms with Crippen LogP contribution in [0.1, 0.15) is 16.5 Å². The lowest BCUT2D eigenvalue weighted by Crippen LogP contribution is -2.41. The minimum atomic E-state index is -0.422. The average molecular weight is 433 g/mol. The Morgan fingerprint density at radius 2 is 2.04 bits per heavy atom. The molecule has 5 nitrogen and oxygen atoms in total. The van der Waals surface area contributed by atoms with Crippen molar-refractivity contribution in [3.05, 3.63) is 75.5 Å². The number of carbonyl (C=O) groups is 2. The Morgan fingerprint density at radius 3 is 2.77 bits per heavy atom. The average Bonchev–Trinajstić information content (AvgIpc) is 3.03.